The average molecular weight is 477 g/mol. The van der Waals surface area contributed by atoms with Gasteiger partial charge in [0.05, 0.1) is 31.9 Å². The minimum Gasteiger partial charge on any atom is -0.497 e. The highest BCUT2D eigenvalue weighted by atomic mass is 35.5. The van der Waals surface area contributed by atoms with Crippen LogP contribution in [0.5, 0.6) is 11.5 Å². The molecule has 0 bridgehead atoms. The van der Waals surface area contributed by atoms with Gasteiger partial charge in [0.2, 0.25) is 0 Å². The Kier molecular flexibility index (Phi) is 7.87. The molecule has 2 aromatic carbocycles. The molecule has 3 aromatic rings. The second kappa shape index (κ2) is 10.8. The van der Waals surface area contributed by atoms with Gasteiger partial charge in [0.1, 0.15) is 11.5 Å². The number of carbonyl (C=O) groups is 2. The summed E-state index contributed by atoms with van der Waals surface area (Å²) in [5, 5.41) is 0. The van der Waals surface area contributed by atoms with Crippen LogP contribution in [-0.2, 0) is 16.1 Å². The van der Waals surface area contributed by atoms with Gasteiger partial charge in [-0.1, -0.05) is 36.4 Å². The molecule has 0 atom stereocenters. The number of methoxy groups -OCH3 is 2. The molecule has 1 aliphatic rings. The van der Waals surface area contributed by atoms with Crippen LogP contribution in [0.25, 0.3) is 11.6 Å². The molecule has 0 unspecified atom stereocenters. The number of benzene rings is 2. The van der Waals surface area contributed by atoms with E-state index in [1.165, 1.54) is 4.90 Å². The number of halogens is 1. The lowest BCUT2D eigenvalue weighted by molar-refractivity contribution is -0.137. The molecule has 0 radical (unpaired) electrons. The number of hydrogen-bond donors (Lipinski definition) is 0. The number of likely N-dealkylation sites (tertiary alicyclic amines) is 1. The van der Waals surface area contributed by atoms with Gasteiger partial charge >= 0.3 is 0 Å². The molecule has 2 amide bonds. The molecular weight excluding hydrogens is 452 g/mol. The number of amides is 2. The van der Waals surface area contributed by atoms with Crippen LogP contribution in [0.1, 0.15) is 23.6 Å². The lowest BCUT2D eigenvalue weighted by Crippen LogP contribution is -2.29. The first-order valence-electron chi connectivity index (χ1n) is 10.5. The van der Waals surface area contributed by atoms with Gasteiger partial charge in [-0.25, -0.2) is 0 Å². The molecule has 174 valence electrons. The molecule has 1 fully saturated rings. The number of ether oxygens (including phenoxy) is 2. The molecule has 1 aliphatic heterocycles. The Morgan fingerprint density at radius 1 is 0.941 bits per heavy atom. The van der Waals surface area contributed by atoms with Crippen LogP contribution >= 0.6 is 12.4 Å². The maximum atomic E-state index is 13.6. The van der Waals surface area contributed by atoms with E-state index in [0.29, 0.717) is 28.2 Å². The lowest BCUT2D eigenvalue weighted by atomic mass is 9.95. The van der Waals surface area contributed by atoms with Gasteiger partial charge in [0.15, 0.2) is 0 Å². The topological polar surface area (TPSA) is 68.7 Å². The predicted molar refractivity (Wildman–Crippen MR) is 134 cm³/mol. The first-order valence-corrected chi connectivity index (χ1v) is 10.5. The van der Waals surface area contributed by atoms with Crippen LogP contribution in [0.4, 0.5) is 0 Å². The summed E-state index contributed by atoms with van der Waals surface area (Å²) in [6.45, 7) is 1.98. The van der Waals surface area contributed by atoms with Crippen LogP contribution in [0.3, 0.4) is 0 Å². The Morgan fingerprint density at radius 2 is 1.62 bits per heavy atom. The highest BCUT2D eigenvalue weighted by Crippen LogP contribution is 2.36. The van der Waals surface area contributed by atoms with E-state index in [4.69, 9.17) is 9.47 Å². The van der Waals surface area contributed by atoms with E-state index in [1.807, 2.05) is 55.5 Å². The zero-order chi connectivity index (χ0) is 23.4. The molecule has 34 heavy (non-hydrogen) atoms. The van der Waals surface area contributed by atoms with E-state index in [9.17, 15) is 9.59 Å². The van der Waals surface area contributed by atoms with Gasteiger partial charge in [0.25, 0.3) is 11.8 Å². The third kappa shape index (κ3) is 5.02. The van der Waals surface area contributed by atoms with Crippen molar-refractivity contribution in [1.82, 2.24) is 9.88 Å². The molecule has 2 heterocycles. The van der Waals surface area contributed by atoms with E-state index >= 15 is 0 Å². The van der Waals surface area contributed by atoms with Crippen molar-refractivity contribution in [2.24, 2.45) is 0 Å². The summed E-state index contributed by atoms with van der Waals surface area (Å²) in [4.78, 5) is 32.4. The Labute approximate surface area is 204 Å². The highest BCUT2D eigenvalue weighted by molar-refractivity contribution is 6.29. The second-order valence-corrected chi connectivity index (χ2v) is 7.63. The molecule has 6 nitrogen and oxygen atoms in total. The molecule has 4 rings (SSSR count). The largest absolute Gasteiger partial charge is 0.497 e. The molecule has 7 heteroatoms. The van der Waals surface area contributed by atoms with Crippen LogP contribution in [0.2, 0.25) is 0 Å². The van der Waals surface area contributed by atoms with Crippen LogP contribution in [0.15, 0.2) is 84.2 Å². The van der Waals surface area contributed by atoms with Crippen molar-refractivity contribution in [3.63, 3.8) is 0 Å². The molecule has 1 aromatic heterocycles. The molecule has 0 spiro atoms. The van der Waals surface area contributed by atoms with Crippen LogP contribution < -0.4 is 9.47 Å². The Balaban J connectivity index is 0.00000324. The lowest BCUT2D eigenvalue weighted by Gasteiger charge is -2.13. The van der Waals surface area contributed by atoms with Crippen LogP contribution in [0, 0.1) is 0 Å². The van der Waals surface area contributed by atoms with Gasteiger partial charge < -0.3 is 9.47 Å². The van der Waals surface area contributed by atoms with Gasteiger partial charge in [-0.2, -0.15) is 0 Å². The van der Waals surface area contributed by atoms with E-state index in [1.54, 1.807) is 44.8 Å². The Bertz CT molecular complexity index is 1230. The zero-order valence-electron chi connectivity index (χ0n) is 19.1. The number of rotatable bonds is 6. The fourth-order valence-corrected chi connectivity index (χ4v) is 3.79. The van der Waals surface area contributed by atoms with Crippen molar-refractivity contribution in [3.05, 3.63) is 101 Å². The minimum atomic E-state index is -0.342. The second-order valence-electron chi connectivity index (χ2n) is 7.63. The monoisotopic (exact) mass is 476 g/mol. The first kappa shape index (κ1) is 24.7. The third-order valence-electron chi connectivity index (χ3n) is 5.54. The van der Waals surface area contributed by atoms with Gasteiger partial charge in [-0.15, -0.1) is 12.4 Å². The van der Waals surface area contributed by atoms with Crippen LogP contribution in [-0.4, -0.2) is 35.9 Å². The maximum Gasteiger partial charge on any atom is 0.262 e. The first-order chi connectivity index (χ1) is 16.0. The summed E-state index contributed by atoms with van der Waals surface area (Å²) in [5.74, 6) is 0.519. The number of pyridine rings is 1. The summed E-state index contributed by atoms with van der Waals surface area (Å²) in [6.07, 6.45) is 5.08. The Morgan fingerprint density at radius 3 is 2.21 bits per heavy atom. The van der Waals surface area contributed by atoms with Crippen molar-refractivity contribution in [1.29, 1.82) is 0 Å². The zero-order valence-corrected chi connectivity index (χ0v) is 20.0. The summed E-state index contributed by atoms with van der Waals surface area (Å²) < 4.78 is 10.8. The SMILES string of the molecule is COc1cc(OC)cc(/C(C)=C2\C(=O)N(Cc3cccnc3)C(=O)\C2=C\c2ccccc2)c1.Cl. The summed E-state index contributed by atoms with van der Waals surface area (Å²) in [7, 11) is 3.14. The third-order valence-corrected chi connectivity index (χ3v) is 5.54. The molecule has 0 aliphatic carbocycles. The van der Waals surface area contributed by atoms with Gasteiger partial charge in [-0.05, 0) is 53.5 Å². The maximum absolute atomic E-state index is 13.6. The molecule has 1 saturated heterocycles. The summed E-state index contributed by atoms with van der Waals surface area (Å²) >= 11 is 0. The average Bonchev–Trinajstić information content (AvgIpc) is 3.08. The standard InChI is InChI=1S/C27H24N2O4.ClH/c1-18(21-13-22(32-2)15-23(14-21)33-3)25-24(12-19-8-5-4-6-9-19)26(30)29(27(25)31)17-20-10-7-11-28-16-20;/h4-16H,17H2,1-3H3;1H/b24-12+,25-18-;. The number of allylic oxidation sites excluding steroid dienone is 1. The van der Waals surface area contributed by atoms with Crippen molar-refractivity contribution >= 4 is 35.9 Å². The van der Waals surface area contributed by atoms with E-state index < -0.39 is 0 Å². The van der Waals surface area contributed by atoms with Gasteiger partial charge in [-0.3, -0.25) is 19.5 Å². The van der Waals surface area contributed by atoms with Crippen molar-refractivity contribution in [2.45, 2.75) is 13.5 Å². The fourth-order valence-electron chi connectivity index (χ4n) is 3.79. The van der Waals surface area contributed by atoms with E-state index in [2.05, 4.69) is 4.98 Å². The smallest absolute Gasteiger partial charge is 0.262 e. The summed E-state index contributed by atoms with van der Waals surface area (Å²) in [6, 6.07) is 18.5. The predicted octanol–water partition coefficient (Wildman–Crippen LogP) is 4.95. The van der Waals surface area contributed by atoms with Crippen molar-refractivity contribution < 1.29 is 19.1 Å². The molecular formula is C27H25ClN2O4. The number of hydrogen-bond acceptors (Lipinski definition) is 5. The van der Waals surface area contributed by atoms with Gasteiger partial charge in [0, 0.05) is 18.5 Å². The molecule has 0 saturated carbocycles. The normalized spacial score (nSPS) is 15.9. The summed E-state index contributed by atoms with van der Waals surface area (Å²) in [5.41, 5.74) is 3.74. The van der Waals surface area contributed by atoms with E-state index in [0.717, 1.165) is 16.7 Å². The van der Waals surface area contributed by atoms with Crippen molar-refractivity contribution in [2.75, 3.05) is 14.2 Å². The van der Waals surface area contributed by atoms with Crippen molar-refractivity contribution in [3.8, 4) is 11.5 Å². The molecule has 0 N–H and O–H groups in total. The quantitative estimate of drug-likeness (QED) is 0.372. The number of carbonyl (C=O) groups excluding carboxylic acids is 2. The number of aromatic nitrogens is 1. The Hall–Kier alpha value is -3.90. The fraction of sp³-hybridized carbons (Fsp3) is 0.148. The highest BCUT2D eigenvalue weighted by Gasteiger charge is 2.40. The minimum absolute atomic E-state index is 0. The number of imide groups is 1. The number of nitrogens with zero attached hydrogens (tertiary/aromatic N) is 2. The van der Waals surface area contributed by atoms with E-state index in [-0.39, 0.29) is 30.8 Å².